The van der Waals surface area contributed by atoms with Gasteiger partial charge >= 0.3 is 6.16 Å². The third-order valence-corrected chi connectivity index (χ3v) is 2.12. The van der Waals surface area contributed by atoms with E-state index in [2.05, 4.69) is 11.0 Å². The van der Waals surface area contributed by atoms with Crippen LogP contribution in [0.2, 0.25) is 0 Å². The molecule has 0 saturated carbocycles. The van der Waals surface area contributed by atoms with E-state index in [9.17, 15) is 4.79 Å². The van der Waals surface area contributed by atoms with Crippen LogP contribution in [0.15, 0.2) is 18.2 Å². The average Bonchev–Trinajstić information content (AvgIpc) is 2.69. The van der Waals surface area contributed by atoms with Crippen molar-refractivity contribution in [2.75, 3.05) is 22.9 Å². The zero-order valence-electron chi connectivity index (χ0n) is 9.40. The molecule has 1 aromatic rings. The van der Waals surface area contributed by atoms with E-state index in [1.54, 1.807) is 18.2 Å². The molecule has 0 fully saturated rings. The van der Waals surface area contributed by atoms with Gasteiger partial charge in [-0.2, -0.15) is 0 Å². The molecule has 0 radical (unpaired) electrons. The lowest BCUT2D eigenvalue weighted by Crippen LogP contribution is -2.38. The minimum atomic E-state index is -0.758. The number of nitrogen functional groups attached to an aromatic ring is 1. The van der Waals surface area contributed by atoms with Gasteiger partial charge in [0.15, 0.2) is 0 Å². The van der Waals surface area contributed by atoms with Gasteiger partial charge in [-0.15, -0.1) is 10.7 Å². The molecule has 0 spiro atoms. The number of benzene rings is 1. The Kier molecular flexibility index (Phi) is 3.20. The summed E-state index contributed by atoms with van der Waals surface area (Å²) in [6.07, 6.45) is -0.0145. The van der Waals surface area contributed by atoms with Crippen molar-refractivity contribution in [3.05, 3.63) is 18.2 Å². The summed E-state index contributed by atoms with van der Waals surface area (Å²) in [6, 6.07) is 5.16. The molecule has 2 rings (SSSR count). The van der Waals surface area contributed by atoms with Gasteiger partial charge in [0.05, 0.1) is 12.3 Å². The first-order chi connectivity index (χ1) is 8.20. The highest BCUT2D eigenvalue weighted by Gasteiger charge is 2.22. The molecule has 4 N–H and O–H groups in total. The van der Waals surface area contributed by atoms with E-state index < -0.39 is 6.16 Å². The SMILES string of the molecule is CCCOC(=O)ON1NNc2cc(N)ccc21. The summed E-state index contributed by atoms with van der Waals surface area (Å²) >= 11 is 0. The van der Waals surface area contributed by atoms with Crippen LogP contribution in [0.5, 0.6) is 0 Å². The minimum Gasteiger partial charge on any atom is -0.433 e. The first kappa shape index (κ1) is 11.3. The van der Waals surface area contributed by atoms with Crippen LogP contribution in [0.3, 0.4) is 0 Å². The van der Waals surface area contributed by atoms with Crippen LogP contribution >= 0.6 is 0 Å². The lowest BCUT2D eigenvalue weighted by molar-refractivity contribution is 0.0404. The molecule has 7 nitrogen and oxygen atoms in total. The van der Waals surface area contributed by atoms with Crippen LogP contribution in [-0.2, 0) is 9.57 Å². The number of nitrogens with zero attached hydrogens (tertiary/aromatic N) is 1. The number of rotatable bonds is 3. The first-order valence-corrected chi connectivity index (χ1v) is 5.26. The third kappa shape index (κ3) is 2.51. The van der Waals surface area contributed by atoms with Gasteiger partial charge in [0.1, 0.15) is 5.69 Å². The molecule has 0 aromatic heterocycles. The Morgan fingerprint density at radius 2 is 2.35 bits per heavy atom. The third-order valence-electron chi connectivity index (χ3n) is 2.12. The maximum absolute atomic E-state index is 11.3. The van der Waals surface area contributed by atoms with E-state index >= 15 is 0 Å². The quantitative estimate of drug-likeness (QED) is 0.541. The van der Waals surface area contributed by atoms with Gasteiger partial charge in [-0.25, -0.2) is 4.79 Å². The summed E-state index contributed by atoms with van der Waals surface area (Å²) in [5.41, 5.74) is 13.1. The number of hydrazine groups is 2. The highest BCUT2D eigenvalue weighted by molar-refractivity contribution is 5.77. The molecule has 92 valence electrons. The number of hydrogen-bond acceptors (Lipinski definition) is 7. The van der Waals surface area contributed by atoms with E-state index in [0.29, 0.717) is 18.0 Å². The summed E-state index contributed by atoms with van der Waals surface area (Å²) in [6.45, 7) is 2.23. The Hall–Kier alpha value is -2.15. The largest absolute Gasteiger partial charge is 0.534 e. The van der Waals surface area contributed by atoms with Gasteiger partial charge in [0.2, 0.25) is 0 Å². The standard InChI is InChI=1S/C10H14N4O3/c1-2-5-16-10(15)17-14-9-4-3-7(11)6-8(9)12-13-14/h3-4,6,12-13H,2,5,11H2,1H3. The van der Waals surface area contributed by atoms with Gasteiger partial charge in [-0.05, 0) is 24.6 Å². The summed E-state index contributed by atoms with van der Waals surface area (Å²) in [4.78, 5) is 16.2. The van der Waals surface area contributed by atoms with E-state index in [0.717, 1.165) is 12.1 Å². The fourth-order valence-electron chi connectivity index (χ4n) is 1.36. The van der Waals surface area contributed by atoms with E-state index in [-0.39, 0.29) is 0 Å². The van der Waals surface area contributed by atoms with Crippen LogP contribution < -0.4 is 21.9 Å². The molecule has 0 bridgehead atoms. The number of anilines is 3. The normalized spacial score (nSPS) is 12.9. The number of hydrogen-bond donors (Lipinski definition) is 3. The Morgan fingerprint density at radius 1 is 1.53 bits per heavy atom. The van der Waals surface area contributed by atoms with Crippen LogP contribution in [-0.4, -0.2) is 12.8 Å². The molecule has 1 aliphatic rings. The molecule has 1 aromatic carbocycles. The van der Waals surface area contributed by atoms with E-state index in [4.69, 9.17) is 15.3 Å². The zero-order chi connectivity index (χ0) is 12.3. The molecule has 0 saturated heterocycles. The Balaban J connectivity index is 2.00. The Labute approximate surface area is 98.4 Å². The van der Waals surface area contributed by atoms with Gasteiger partial charge in [0.25, 0.3) is 0 Å². The predicted molar refractivity (Wildman–Crippen MR) is 62.8 cm³/mol. The summed E-state index contributed by atoms with van der Waals surface area (Å²) in [5, 5.41) is 1.19. The number of carbonyl (C=O) groups is 1. The van der Waals surface area contributed by atoms with Crippen molar-refractivity contribution in [1.29, 1.82) is 0 Å². The smallest absolute Gasteiger partial charge is 0.433 e. The van der Waals surface area contributed by atoms with Crippen molar-refractivity contribution in [3.63, 3.8) is 0 Å². The van der Waals surface area contributed by atoms with Gasteiger partial charge in [-0.1, -0.05) is 6.92 Å². The molecule has 0 atom stereocenters. The number of nitrogens with two attached hydrogens (primary N) is 1. The lowest BCUT2D eigenvalue weighted by atomic mass is 10.2. The van der Waals surface area contributed by atoms with Gasteiger partial charge in [-0.3, -0.25) is 10.3 Å². The summed E-state index contributed by atoms with van der Waals surface area (Å²) in [5.74, 6) is 0. The minimum absolute atomic E-state index is 0.328. The highest BCUT2D eigenvalue weighted by atomic mass is 16.8. The van der Waals surface area contributed by atoms with Crippen molar-refractivity contribution >= 4 is 23.2 Å². The van der Waals surface area contributed by atoms with E-state index in [1.807, 2.05) is 6.92 Å². The van der Waals surface area contributed by atoms with Crippen molar-refractivity contribution in [1.82, 2.24) is 5.53 Å². The van der Waals surface area contributed by atoms with Crippen LogP contribution in [0.25, 0.3) is 0 Å². The molecule has 0 amide bonds. The second-order valence-corrected chi connectivity index (χ2v) is 3.50. The zero-order valence-corrected chi connectivity index (χ0v) is 9.40. The number of nitrogens with one attached hydrogen (secondary N) is 2. The van der Waals surface area contributed by atoms with Crippen molar-refractivity contribution < 1.29 is 14.4 Å². The number of fused-ring (bicyclic) bond motifs is 1. The molecule has 0 unspecified atom stereocenters. The van der Waals surface area contributed by atoms with Crippen molar-refractivity contribution in [3.8, 4) is 0 Å². The summed E-state index contributed by atoms with van der Waals surface area (Å²) < 4.78 is 4.80. The molecule has 1 aliphatic heterocycles. The van der Waals surface area contributed by atoms with E-state index in [1.165, 1.54) is 5.17 Å². The number of carbonyl (C=O) groups excluding carboxylic acids is 1. The second kappa shape index (κ2) is 4.79. The first-order valence-electron chi connectivity index (χ1n) is 5.26. The van der Waals surface area contributed by atoms with Gasteiger partial charge in [0, 0.05) is 5.69 Å². The van der Waals surface area contributed by atoms with Crippen molar-refractivity contribution in [2.45, 2.75) is 13.3 Å². The van der Waals surface area contributed by atoms with Crippen molar-refractivity contribution in [2.24, 2.45) is 0 Å². The molecule has 1 heterocycles. The monoisotopic (exact) mass is 238 g/mol. The predicted octanol–water partition coefficient (Wildman–Crippen LogP) is 1.40. The molecular weight excluding hydrogens is 224 g/mol. The maximum atomic E-state index is 11.3. The summed E-state index contributed by atoms with van der Waals surface area (Å²) in [7, 11) is 0. The average molecular weight is 238 g/mol. The van der Waals surface area contributed by atoms with Gasteiger partial charge < -0.3 is 10.5 Å². The van der Waals surface area contributed by atoms with Crippen LogP contribution in [0, 0.1) is 0 Å². The maximum Gasteiger partial charge on any atom is 0.534 e. The lowest BCUT2D eigenvalue weighted by Gasteiger charge is -2.15. The highest BCUT2D eigenvalue weighted by Crippen LogP contribution is 2.30. The Bertz CT molecular complexity index is 424. The molecular formula is C10H14N4O3. The van der Waals surface area contributed by atoms with Crippen LogP contribution in [0.4, 0.5) is 21.9 Å². The Morgan fingerprint density at radius 3 is 3.12 bits per heavy atom. The van der Waals surface area contributed by atoms with Crippen LogP contribution in [0.1, 0.15) is 13.3 Å². The fraction of sp³-hybridized carbons (Fsp3) is 0.300. The second-order valence-electron chi connectivity index (χ2n) is 3.50. The molecule has 0 aliphatic carbocycles. The number of ether oxygens (including phenoxy) is 1. The molecule has 17 heavy (non-hydrogen) atoms. The molecule has 7 heteroatoms. The fourth-order valence-corrected chi connectivity index (χ4v) is 1.36. The topological polar surface area (TPSA) is 88.9 Å².